The second-order valence-corrected chi connectivity index (χ2v) is 6.91. The second-order valence-electron chi connectivity index (χ2n) is 6.91. The van der Waals surface area contributed by atoms with Crippen LogP contribution in [-0.4, -0.2) is 44.7 Å². The van der Waals surface area contributed by atoms with Gasteiger partial charge in [0, 0.05) is 37.6 Å². The molecule has 0 aliphatic carbocycles. The Bertz CT molecular complexity index is 1100. The first-order valence-corrected chi connectivity index (χ1v) is 9.20. The maximum absolute atomic E-state index is 13.0. The van der Waals surface area contributed by atoms with Crippen molar-refractivity contribution in [2.45, 2.75) is 32.7 Å². The average molecular weight is 414 g/mol. The lowest BCUT2D eigenvalue weighted by atomic mass is 10.2. The number of aryl methyl sites for hydroxylation is 1. The minimum Gasteiger partial charge on any atom is -0.471 e. The number of carbonyl (C=O) groups is 1. The molecule has 0 aliphatic heterocycles. The minimum atomic E-state index is -2.94. The minimum absolute atomic E-state index is 0.159. The molecule has 3 aromatic rings. The van der Waals surface area contributed by atoms with Crippen LogP contribution in [0.5, 0.6) is 5.88 Å². The lowest BCUT2D eigenvalue weighted by molar-refractivity contribution is -0.0244. The number of aromatic nitrogens is 4. The van der Waals surface area contributed by atoms with Crippen LogP contribution >= 0.6 is 0 Å². The monoisotopic (exact) mass is 414 g/mol. The Hall–Kier alpha value is -3.61. The molecule has 0 aliphatic rings. The van der Waals surface area contributed by atoms with Crippen LogP contribution < -0.4 is 10.1 Å². The van der Waals surface area contributed by atoms with Gasteiger partial charge in [-0.3, -0.25) is 14.5 Å². The first-order chi connectivity index (χ1) is 14.3. The third kappa shape index (κ3) is 5.26. The molecule has 0 unspecified atom stereocenters. The first kappa shape index (κ1) is 21.1. The Morgan fingerprint density at radius 2 is 2.20 bits per heavy atom. The molecule has 0 saturated carbocycles. The van der Waals surface area contributed by atoms with E-state index in [0.717, 1.165) is 12.5 Å². The van der Waals surface area contributed by atoms with Crippen molar-refractivity contribution >= 4 is 16.8 Å². The van der Waals surface area contributed by atoms with Crippen LogP contribution in [0.25, 0.3) is 10.9 Å². The Labute approximate surface area is 171 Å². The molecule has 0 spiro atoms. The molecular formula is C20H20F2N6O2. The second kappa shape index (κ2) is 8.82. The zero-order valence-electron chi connectivity index (χ0n) is 16.5. The summed E-state index contributed by atoms with van der Waals surface area (Å²) in [5.74, 6) is -3.15. The highest BCUT2D eigenvalue weighted by Gasteiger charge is 2.23. The van der Waals surface area contributed by atoms with Crippen molar-refractivity contribution in [3.63, 3.8) is 0 Å². The molecule has 10 heteroatoms. The maximum atomic E-state index is 13.0. The zero-order valence-corrected chi connectivity index (χ0v) is 16.5. The molecule has 0 atom stereocenters. The number of carbonyl (C=O) groups excluding carboxylic acids is 1. The Balaban J connectivity index is 1.76. The van der Waals surface area contributed by atoms with Crippen LogP contribution in [0.4, 0.5) is 8.78 Å². The number of nitrogens with one attached hydrogen (secondary N) is 1. The topological polar surface area (TPSA) is 106 Å². The van der Waals surface area contributed by atoms with Gasteiger partial charge in [-0.05, 0) is 24.6 Å². The highest BCUT2D eigenvalue weighted by molar-refractivity contribution is 6.04. The summed E-state index contributed by atoms with van der Waals surface area (Å²) in [6, 6.07) is 5.45. The molecule has 3 heterocycles. The number of pyridine rings is 2. The van der Waals surface area contributed by atoms with E-state index in [4.69, 9.17) is 10.00 Å². The van der Waals surface area contributed by atoms with E-state index in [9.17, 15) is 13.6 Å². The maximum Gasteiger partial charge on any atom is 0.278 e. The van der Waals surface area contributed by atoms with E-state index < -0.39 is 12.5 Å². The summed E-state index contributed by atoms with van der Waals surface area (Å²) in [6.45, 7) is 2.38. The molecule has 1 N–H and O–H groups in total. The van der Waals surface area contributed by atoms with Crippen LogP contribution in [-0.2, 0) is 6.54 Å². The van der Waals surface area contributed by atoms with Gasteiger partial charge in [0.25, 0.3) is 11.8 Å². The van der Waals surface area contributed by atoms with Crippen molar-refractivity contribution in [3.8, 4) is 11.9 Å². The van der Waals surface area contributed by atoms with Crippen LogP contribution in [0.2, 0.25) is 0 Å². The molecule has 3 rings (SSSR count). The van der Waals surface area contributed by atoms with Gasteiger partial charge in [-0.2, -0.15) is 10.4 Å². The van der Waals surface area contributed by atoms with Crippen LogP contribution in [0.1, 0.15) is 35.0 Å². The standard InChI is InChI=1S/C20H20F2N6O2/c1-13-8-14(9-26-19(13)30-12-20(2,21)22)10-28-11-15-16(27-28)4-7-24-17(15)18(29)25-6-3-5-23/h4,7-9,11H,3,6,10,12H2,1-2H3,(H,25,29). The number of nitrogens with zero attached hydrogens (tertiary/aromatic N) is 5. The lowest BCUT2D eigenvalue weighted by Crippen LogP contribution is -2.25. The number of amides is 1. The number of nitriles is 1. The molecule has 156 valence electrons. The molecule has 8 nitrogen and oxygen atoms in total. The predicted octanol–water partition coefficient (Wildman–Crippen LogP) is 2.86. The van der Waals surface area contributed by atoms with E-state index in [0.29, 0.717) is 23.0 Å². The van der Waals surface area contributed by atoms with Gasteiger partial charge in [-0.1, -0.05) is 0 Å². The summed E-state index contributed by atoms with van der Waals surface area (Å²) >= 11 is 0. The molecule has 1 amide bonds. The summed E-state index contributed by atoms with van der Waals surface area (Å²) in [7, 11) is 0. The quantitative estimate of drug-likeness (QED) is 0.568. The number of hydrogen-bond donors (Lipinski definition) is 1. The molecule has 0 radical (unpaired) electrons. The molecular weight excluding hydrogens is 394 g/mol. The van der Waals surface area contributed by atoms with Crippen molar-refractivity contribution in [1.82, 2.24) is 25.1 Å². The predicted molar refractivity (Wildman–Crippen MR) is 104 cm³/mol. The van der Waals surface area contributed by atoms with Gasteiger partial charge in [0.05, 0.1) is 29.9 Å². The number of rotatable bonds is 8. The summed E-state index contributed by atoms with van der Waals surface area (Å²) < 4.78 is 32.7. The smallest absolute Gasteiger partial charge is 0.278 e. The summed E-state index contributed by atoms with van der Waals surface area (Å²) in [6.07, 6.45) is 4.96. The van der Waals surface area contributed by atoms with E-state index in [1.54, 1.807) is 29.9 Å². The average Bonchev–Trinajstić information content (AvgIpc) is 3.09. The van der Waals surface area contributed by atoms with E-state index in [1.165, 1.54) is 12.4 Å². The molecule has 0 bridgehead atoms. The van der Waals surface area contributed by atoms with Crippen molar-refractivity contribution < 1.29 is 18.3 Å². The molecule has 30 heavy (non-hydrogen) atoms. The van der Waals surface area contributed by atoms with Crippen LogP contribution in [0, 0.1) is 18.3 Å². The van der Waals surface area contributed by atoms with Crippen molar-refractivity contribution in [3.05, 3.63) is 47.5 Å². The third-order valence-electron chi connectivity index (χ3n) is 4.11. The van der Waals surface area contributed by atoms with E-state index in [1.807, 2.05) is 6.07 Å². The van der Waals surface area contributed by atoms with Gasteiger partial charge in [-0.25, -0.2) is 13.8 Å². The first-order valence-electron chi connectivity index (χ1n) is 9.20. The van der Waals surface area contributed by atoms with Crippen LogP contribution in [0.15, 0.2) is 30.7 Å². The summed E-state index contributed by atoms with van der Waals surface area (Å²) in [5, 5.41) is 16.3. The number of alkyl halides is 2. The van der Waals surface area contributed by atoms with Gasteiger partial charge in [0.15, 0.2) is 6.61 Å². The van der Waals surface area contributed by atoms with Crippen molar-refractivity contribution in [2.24, 2.45) is 0 Å². The number of fused-ring (bicyclic) bond motifs is 1. The van der Waals surface area contributed by atoms with Gasteiger partial charge >= 0.3 is 0 Å². The van der Waals surface area contributed by atoms with Gasteiger partial charge in [-0.15, -0.1) is 0 Å². The molecule has 3 aromatic heterocycles. The van der Waals surface area contributed by atoms with Gasteiger partial charge in [0.2, 0.25) is 5.88 Å². The highest BCUT2D eigenvalue weighted by atomic mass is 19.3. The fourth-order valence-electron chi connectivity index (χ4n) is 2.81. The van der Waals surface area contributed by atoms with E-state index >= 15 is 0 Å². The van der Waals surface area contributed by atoms with Crippen molar-refractivity contribution in [2.75, 3.05) is 13.2 Å². The fraction of sp³-hybridized carbons (Fsp3) is 0.350. The Morgan fingerprint density at radius 3 is 2.90 bits per heavy atom. The zero-order chi connectivity index (χ0) is 21.7. The molecule has 0 aromatic carbocycles. The third-order valence-corrected chi connectivity index (χ3v) is 4.11. The van der Waals surface area contributed by atoms with Gasteiger partial charge in [0.1, 0.15) is 5.69 Å². The SMILES string of the molecule is Cc1cc(Cn2cc3c(C(=O)NCCC#N)nccc3n2)cnc1OCC(C)(F)F. The number of hydrogen-bond acceptors (Lipinski definition) is 6. The summed E-state index contributed by atoms with van der Waals surface area (Å²) in [4.78, 5) is 20.6. The van der Waals surface area contributed by atoms with Crippen molar-refractivity contribution in [1.29, 1.82) is 5.26 Å². The fourth-order valence-corrected chi connectivity index (χ4v) is 2.81. The lowest BCUT2D eigenvalue weighted by Gasteiger charge is -2.13. The Kier molecular flexibility index (Phi) is 6.20. The normalized spacial score (nSPS) is 11.3. The molecule has 0 saturated heterocycles. The number of ether oxygens (including phenoxy) is 1. The van der Waals surface area contributed by atoms with Gasteiger partial charge < -0.3 is 10.1 Å². The Morgan fingerprint density at radius 1 is 1.40 bits per heavy atom. The number of halogens is 2. The summed E-state index contributed by atoms with van der Waals surface area (Å²) in [5.41, 5.74) is 2.26. The highest BCUT2D eigenvalue weighted by Crippen LogP contribution is 2.21. The molecule has 0 fully saturated rings. The van der Waals surface area contributed by atoms with Crippen LogP contribution in [0.3, 0.4) is 0 Å². The van der Waals surface area contributed by atoms with E-state index in [-0.39, 0.29) is 30.4 Å². The van der Waals surface area contributed by atoms with E-state index in [2.05, 4.69) is 20.4 Å². The largest absolute Gasteiger partial charge is 0.471 e.